The summed E-state index contributed by atoms with van der Waals surface area (Å²) in [6, 6.07) is 11.1. The average Bonchev–Trinajstić information content (AvgIpc) is 3.34. The second-order valence-electron chi connectivity index (χ2n) is 6.48. The fourth-order valence-electron chi connectivity index (χ4n) is 2.82. The summed E-state index contributed by atoms with van der Waals surface area (Å²) in [6.07, 6.45) is 3.95. The Bertz CT molecular complexity index is 918. The molecule has 1 aliphatic carbocycles. The van der Waals surface area contributed by atoms with Gasteiger partial charge in [0, 0.05) is 24.7 Å². The topological polar surface area (TPSA) is 95.2 Å². The summed E-state index contributed by atoms with van der Waals surface area (Å²) < 4.78 is 0. The number of thioether (sulfide) groups is 1. The van der Waals surface area contributed by atoms with Crippen LogP contribution in [0.15, 0.2) is 41.3 Å². The van der Waals surface area contributed by atoms with E-state index in [4.69, 9.17) is 0 Å². The van der Waals surface area contributed by atoms with Gasteiger partial charge in [0.05, 0.1) is 4.91 Å². The summed E-state index contributed by atoms with van der Waals surface area (Å²) in [5.41, 5.74) is 2.17. The van der Waals surface area contributed by atoms with Crippen LogP contribution in [0.1, 0.15) is 40.5 Å². The molecule has 2 aromatic rings. The molecule has 0 bridgehead atoms. The summed E-state index contributed by atoms with van der Waals surface area (Å²) in [5, 5.41) is 9.28. The normalized spacial score (nSPS) is 18.4. The van der Waals surface area contributed by atoms with E-state index in [-0.39, 0.29) is 30.1 Å². The van der Waals surface area contributed by atoms with E-state index in [1.807, 2.05) is 30.3 Å². The Labute approximate surface area is 160 Å². The zero-order valence-electron chi connectivity index (χ0n) is 14.5. The SMILES string of the molecule is O=C(NCCN1C(=O)S/C(=C\c2ccccc2)C1=O)c1cc(C2CC2)[nH]n1. The van der Waals surface area contributed by atoms with Gasteiger partial charge in [-0.3, -0.25) is 24.4 Å². The molecule has 138 valence electrons. The maximum absolute atomic E-state index is 12.4. The highest BCUT2D eigenvalue weighted by Gasteiger charge is 2.34. The van der Waals surface area contributed by atoms with Gasteiger partial charge in [0.15, 0.2) is 0 Å². The first kappa shape index (κ1) is 17.5. The van der Waals surface area contributed by atoms with Crippen LogP contribution < -0.4 is 5.32 Å². The first-order valence-electron chi connectivity index (χ1n) is 8.76. The number of H-pyrrole nitrogens is 1. The Morgan fingerprint density at radius 3 is 2.81 bits per heavy atom. The van der Waals surface area contributed by atoms with E-state index in [1.165, 1.54) is 0 Å². The predicted octanol–water partition coefficient (Wildman–Crippen LogP) is 2.75. The highest BCUT2D eigenvalue weighted by Crippen LogP contribution is 2.39. The molecular weight excluding hydrogens is 364 g/mol. The van der Waals surface area contributed by atoms with Crippen molar-refractivity contribution in [1.29, 1.82) is 0 Å². The van der Waals surface area contributed by atoms with Gasteiger partial charge < -0.3 is 5.32 Å². The smallest absolute Gasteiger partial charge is 0.293 e. The number of benzene rings is 1. The van der Waals surface area contributed by atoms with Gasteiger partial charge in [0.1, 0.15) is 5.69 Å². The number of hydrogen-bond donors (Lipinski definition) is 2. The fourth-order valence-corrected chi connectivity index (χ4v) is 3.69. The largest absolute Gasteiger partial charge is 0.349 e. The molecule has 1 saturated heterocycles. The van der Waals surface area contributed by atoms with E-state index in [0.717, 1.165) is 40.8 Å². The van der Waals surface area contributed by atoms with E-state index < -0.39 is 0 Å². The Hall–Kier alpha value is -2.87. The van der Waals surface area contributed by atoms with Gasteiger partial charge in [-0.2, -0.15) is 5.10 Å². The summed E-state index contributed by atoms with van der Waals surface area (Å²) in [6.45, 7) is 0.309. The van der Waals surface area contributed by atoms with Gasteiger partial charge in [-0.1, -0.05) is 30.3 Å². The molecule has 1 aliphatic heterocycles. The lowest BCUT2D eigenvalue weighted by atomic mass is 10.2. The summed E-state index contributed by atoms with van der Waals surface area (Å²) >= 11 is 0.914. The Kier molecular flexibility index (Phi) is 4.81. The maximum atomic E-state index is 12.4. The third-order valence-electron chi connectivity index (χ3n) is 4.44. The average molecular weight is 382 g/mol. The number of carbonyl (C=O) groups is 3. The molecule has 27 heavy (non-hydrogen) atoms. The minimum Gasteiger partial charge on any atom is -0.349 e. The Morgan fingerprint density at radius 1 is 1.30 bits per heavy atom. The molecule has 0 unspecified atom stereocenters. The highest BCUT2D eigenvalue weighted by atomic mass is 32.2. The Morgan fingerprint density at radius 2 is 2.07 bits per heavy atom. The third kappa shape index (κ3) is 3.95. The van der Waals surface area contributed by atoms with Crippen molar-refractivity contribution >= 4 is 34.9 Å². The first-order valence-corrected chi connectivity index (χ1v) is 9.57. The molecule has 7 nitrogen and oxygen atoms in total. The molecule has 8 heteroatoms. The molecule has 2 N–H and O–H groups in total. The van der Waals surface area contributed by atoms with Gasteiger partial charge in [-0.05, 0) is 42.3 Å². The number of aromatic amines is 1. The van der Waals surface area contributed by atoms with Crippen molar-refractivity contribution in [2.24, 2.45) is 0 Å². The molecule has 2 fully saturated rings. The van der Waals surface area contributed by atoms with Crippen LogP contribution >= 0.6 is 11.8 Å². The number of rotatable bonds is 6. The van der Waals surface area contributed by atoms with Crippen LogP contribution in [0.4, 0.5) is 4.79 Å². The summed E-state index contributed by atoms with van der Waals surface area (Å²) in [4.78, 5) is 38.2. The summed E-state index contributed by atoms with van der Waals surface area (Å²) in [7, 11) is 0. The lowest BCUT2D eigenvalue weighted by molar-refractivity contribution is -0.122. The molecule has 3 amide bonds. The van der Waals surface area contributed by atoms with Crippen molar-refractivity contribution in [3.8, 4) is 0 Å². The van der Waals surface area contributed by atoms with Gasteiger partial charge in [0.2, 0.25) is 0 Å². The third-order valence-corrected chi connectivity index (χ3v) is 5.35. The quantitative estimate of drug-likeness (QED) is 0.749. The van der Waals surface area contributed by atoms with Crippen molar-refractivity contribution in [3.63, 3.8) is 0 Å². The molecule has 0 atom stereocenters. The predicted molar refractivity (Wildman–Crippen MR) is 102 cm³/mol. The van der Waals surface area contributed by atoms with E-state index in [2.05, 4.69) is 15.5 Å². The minimum absolute atomic E-state index is 0.127. The van der Waals surface area contributed by atoms with Gasteiger partial charge in [0.25, 0.3) is 17.1 Å². The first-order chi connectivity index (χ1) is 13.1. The van der Waals surface area contributed by atoms with Crippen LogP contribution in [0.5, 0.6) is 0 Å². The van der Waals surface area contributed by atoms with Gasteiger partial charge in [-0.15, -0.1) is 0 Å². The second-order valence-corrected chi connectivity index (χ2v) is 7.48. The van der Waals surface area contributed by atoms with Gasteiger partial charge in [-0.25, -0.2) is 0 Å². The molecule has 1 aromatic carbocycles. The number of amides is 3. The van der Waals surface area contributed by atoms with Crippen molar-refractivity contribution in [1.82, 2.24) is 20.4 Å². The fraction of sp³-hybridized carbons (Fsp3) is 0.263. The van der Waals surface area contributed by atoms with Crippen molar-refractivity contribution in [2.75, 3.05) is 13.1 Å². The van der Waals surface area contributed by atoms with E-state index in [9.17, 15) is 14.4 Å². The van der Waals surface area contributed by atoms with Crippen LogP contribution in [0.3, 0.4) is 0 Å². The number of hydrogen-bond acceptors (Lipinski definition) is 5. The van der Waals surface area contributed by atoms with Gasteiger partial charge >= 0.3 is 0 Å². The monoisotopic (exact) mass is 382 g/mol. The minimum atomic E-state index is -0.334. The van der Waals surface area contributed by atoms with Crippen molar-refractivity contribution < 1.29 is 14.4 Å². The Balaban J connectivity index is 1.32. The van der Waals surface area contributed by atoms with Crippen LogP contribution in [0, 0.1) is 0 Å². The van der Waals surface area contributed by atoms with Crippen LogP contribution in [-0.4, -0.2) is 45.2 Å². The lowest BCUT2D eigenvalue weighted by Gasteiger charge is -2.12. The second kappa shape index (κ2) is 7.40. The molecule has 0 spiro atoms. The van der Waals surface area contributed by atoms with E-state index in [1.54, 1.807) is 12.1 Å². The van der Waals surface area contributed by atoms with Crippen molar-refractivity contribution in [3.05, 3.63) is 58.3 Å². The highest BCUT2D eigenvalue weighted by molar-refractivity contribution is 8.18. The van der Waals surface area contributed by atoms with E-state index >= 15 is 0 Å². The number of nitrogens with one attached hydrogen (secondary N) is 2. The maximum Gasteiger partial charge on any atom is 0.293 e. The van der Waals surface area contributed by atoms with Crippen LogP contribution in [0.2, 0.25) is 0 Å². The van der Waals surface area contributed by atoms with E-state index in [0.29, 0.717) is 16.5 Å². The number of aromatic nitrogens is 2. The zero-order chi connectivity index (χ0) is 18.8. The number of carbonyl (C=O) groups excluding carboxylic acids is 3. The zero-order valence-corrected chi connectivity index (χ0v) is 15.3. The number of nitrogens with zero attached hydrogens (tertiary/aromatic N) is 2. The molecule has 2 heterocycles. The summed E-state index contributed by atoms with van der Waals surface area (Å²) in [5.74, 6) is -0.158. The van der Waals surface area contributed by atoms with Crippen LogP contribution in [-0.2, 0) is 4.79 Å². The molecule has 1 aromatic heterocycles. The lowest BCUT2D eigenvalue weighted by Crippen LogP contribution is -2.37. The van der Waals surface area contributed by atoms with Crippen LogP contribution in [0.25, 0.3) is 6.08 Å². The standard InChI is InChI=1S/C19H18N4O3S/c24-17(15-11-14(21-22-15)13-6-7-13)20-8-9-23-18(25)16(27-19(23)26)10-12-4-2-1-3-5-12/h1-5,10-11,13H,6-9H2,(H,20,24)(H,21,22)/b16-10-. The molecular formula is C19H18N4O3S. The number of imide groups is 1. The van der Waals surface area contributed by atoms with Crippen molar-refractivity contribution in [2.45, 2.75) is 18.8 Å². The molecule has 4 rings (SSSR count). The molecule has 2 aliphatic rings. The molecule has 1 saturated carbocycles. The molecule has 0 radical (unpaired) electrons.